The summed E-state index contributed by atoms with van der Waals surface area (Å²) in [6, 6.07) is 15.7. The number of aromatic nitrogens is 2. The smallest absolute Gasteiger partial charge is 0.262 e. The lowest BCUT2D eigenvalue weighted by Gasteiger charge is -2.11. The first-order valence-electron chi connectivity index (χ1n) is 9.17. The minimum absolute atomic E-state index is 0.0656. The van der Waals surface area contributed by atoms with Crippen LogP contribution in [0.25, 0.3) is 10.9 Å². The molecule has 138 valence electrons. The van der Waals surface area contributed by atoms with Gasteiger partial charge in [-0.15, -0.1) is 0 Å². The number of carbonyl (C=O) groups excluding carboxylic acids is 1. The molecule has 2 N–H and O–H groups in total. The third kappa shape index (κ3) is 3.71. The second-order valence-corrected chi connectivity index (χ2v) is 7.44. The molecule has 1 amide bonds. The van der Waals surface area contributed by atoms with E-state index in [0.29, 0.717) is 23.4 Å². The molecule has 6 heteroatoms. The van der Waals surface area contributed by atoms with E-state index >= 15 is 0 Å². The number of rotatable bonds is 5. The van der Waals surface area contributed by atoms with Crippen molar-refractivity contribution in [1.29, 1.82) is 0 Å². The SMILES string of the molecule is O=C(Cn1c(=S)[nH]c2ccccc2c1=O)NCCC1Cc2ccccc2C1. The summed E-state index contributed by atoms with van der Waals surface area (Å²) in [5.74, 6) is 0.372. The largest absolute Gasteiger partial charge is 0.355 e. The van der Waals surface area contributed by atoms with Crippen LogP contribution in [0.3, 0.4) is 0 Å². The fraction of sp³-hybridized carbons (Fsp3) is 0.286. The van der Waals surface area contributed by atoms with Crippen LogP contribution in [0, 0.1) is 10.7 Å². The summed E-state index contributed by atoms with van der Waals surface area (Å²) >= 11 is 5.25. The third-order valence-corrected chi connectivity index (χ3v) is 5.52. The van der Waals surface area contributed by atoms with Crippen molar-refractivity contribution in [3.63, 3.8) is 0 Å². The molecule has 1 aliphatic carbocycles. The van der Waals surface area contributed by atoms with Crippen LogP contribution >= 0.6 is 12.2 Å². The molecule has 0 aliphatic heterocycles. The summed E-state index contributed by atoms with van der Waals surface area (Å²) in [5, 5.41) is 3.46. The van der Waals surface area contributed by atoms with Crippen LogP contribution in [0.1, 0.15) is 17.5 Å². The molecule has 0 spiro atoms. The molecular formula is C21H21N3O2S. The lowest BCUT2D eigenvalue weighted by Crippen LogP contribution is -2.34. The van der Waals surface area contributed by atoms with Crippen molar-refractivity contribution in [3.8, 4) is 0 Å². The quantitative estimate of drug-likeness (QED) is 0.670. The van der Waals surface area contributed by atoms with Crippen molar-refractivity contribution >= 4 is 29.0 Å². The maximum absolute atomic E-state index is 12.6. The maximum Gasteiger partial charge on any atom is 0.262 e. The number of H-pyrrole nitrogens is 1. The van der Waals surface area contributed by atoms with Crippen molar-refractivity contribution in [1.82, 2.24) is 14.9 Å². The zero-order valence-electron chi connectivity index (χ0n) is 14.9. The van der Waals surface area contributed by atoms with Gasteiger partial charge in [0.1, 0.15) is 6.54 Å². The lowest BCUT2D eigenvalue weighted by molar-refractivity contribution is -0.121. The van der Waals surface area contributed by atoms with Gasteiger partial charge >= 0.3 is 0 Å². The summed E-state index contributed by atoms with van der Waals surface area (Å²) in [6.45, 7) is 0.542. The molecule has 0 radical (unpaired) electrons. The van der Waals surface area contributed by atoms with Crippen molar-refractivity contribution in [2.75, 3.05) is 6.54 Å². The highest BCUT2D eigenvalue weighted by Crippen LogP contribution is 2.28. The Morgan fingerprint density at radius 3 is 2.52 bits per heavy atom. The number of fused-ring (bicyclic) bond motifs is 2. The van der Waals surface area contributed by atoms with Crippen LogP contribution in [0.15, 0.2) is 53.3 Å². The second-order valence-electron chi connectivity index (χ2n) is 7.05. The molecular weight excluding hydrogens is 358 g/mol. The summed E-state index contributed by atoms with van der Waals surface area (Å²) < 4.78 is 1.58. The highest BCUT2D eigenvalue weighted by Gasteiger charge is 2.20. The number of carbonyl (C=O) groups is 1. The Morgan fingerprint density at radius 1 is 1.11 bits per heavy atom. The molecule has 1 heterocycles. The molecule has 3 aromatic rings. The number of nitrogens with zero attached hydrogens (tertiary/aromatic N) is 1. The van der Waals surface area contributed by atoms with Gasteiger partial charge in [-0.05, 0) is 60.7 Å². The average Bonchev–Trinajstić information content (AvgIpc) is 3.08. The molecule has 1 aromatic heterocycles. The number of nitrogens with one attached hydrogen (secondary N) is 2. The van der Waals surface area contributed by atoms with E-state index in [1.165, 1.54) is 15.7 Å². The van der Waals surface area contributed by atoms with Gasteiger partial charge in [-0.2, -0.15) is 0 Å². The Kier molecular flexibility index (Phi) is 4.90. The van der Waals surface area contributed by atoms with E-state index in [2.05, 4.69) is 34.6 Å². The number of hydrogen-bond acceptors (Lipinski definition) is 3. The first kappa shape index (κ1) is 17.7. The Hall–Kier alpha value is -2.73. The minimum atomic E-state index is -0.240. The number of amides is 1. The molecule has 4 rings (SSSR count). The fourth-order valence-electron chi connectivity index (χ4n) is 3.81. The van der Waals surface area contributed by atoms with Gasteiger partial charge in [-0.25, -0.2) is 0 Å². The highest BCUT2D eigenvalue weighted by atomic mass is 32.1. The summed E-state index contributed by atoms with van der Waals surface area (Å²) in [5.41, 5.74) is 3.28. The zero-order valence-corrected chi connectivity index (χ0v) is 15.7. The zero-order chi connectivity index (χ0) is 18.8. The number of aromatic amines is 1. The van der Waals surface area contributed by atoms with E-state index in [1.807, 2.05) is 6.07 Å². The second kappa shape index (κ2) is 7.48. The molecule has 1 aliphatic rings. The highest BCUT2D eigenvalue weighted by molar-refractivity contribution is 7.71. The molecule has 0 bridgehead atoms. The number of hydrogen-bond donors (Lipinski definition) is 2. The predicted octanol–water partition coefficient (Wildman–Crippen LogP) is 2.98. The van der Waals surface area contributed by atoms with Crippen LogP contribution < -0.4 is 10.9 Å². The van der Waals surface area contributed by atoms with Crippen LogP contribution in [-0.4, -0.2) is 22.0 Å². The molecule has 0 saturated carbocycles. The van der Waals surface area contributed by atoms with Crippen LogP contribution in [0.5, 0.6) is 0 Å². The maximum atomic E-state index is 12.6. The molecule has 27 heavy (non-hydrogen) atoms. The molecule has 0 fully saturated rings. The third-order valence-electron chi connectivity index (χ3n) is 5.20. The van der Waals surface area contributed by atoms with Gasteiger partial charge in [0.15, 0.2) is 4.77 Å². The molecule has 5 nitrogen and oxygen atoms in total. The Labute approximate surface area is 162 Å². The number of para-hydroxylation sites is 1. The van der Waals surface area contributed by atoms with Gasteiger partial charge in [0.2, 0.25) is 5.91 Å². The van der Waals surface area contributed by atoms with Crippen LogP contribution in [0.2, 0.25) is 0 Å². The molecule has 2 aromatic carbocycles. The Morgan fingerprint density at radius 2 is 1.78 bits per heavy atom. The lowest BCUT2D eigenvalue weighted by atomic mass is 10.0. The van der Waals surface area contributed by atoms with Gasteiger partial charge in [-0.1, -0.05) is 36.4 Å². The van der Waals surface area contributed by atoms with E-state index in [4.69, 9.17) is 12.2 Å². The van der Waals surface area contributed by atoms with Crippen LogP contribution in [0.4, 0.5) is 0 Å². The van der Waals surface area contributed by atoms with Crippen molar-refractivity contribution < 1.29 is 4.79 Å². The standard InChI is InChI=1S/C21H21N3O2S/c25-19(22-10-9-14-11-15-5-1-2-6-16(15)12-14)13-24-20(26)17-7-3-4-8-18(17)23-21(24)27/h1-8,14H,9-13H2,(H,22,25)(H,23,27). The topological polar surface area (TPSA) is 66.9 Å². The van der Waals surface area contributed by atoms with Crippen molar-refractivity contribution in [3.05, 3.63) is 74.8 Å². The molecule has 0 unspecified atom stereocenters. The fourth-order valence-corrected chi connectivity index (χ4v) is 4.07. The normalized spacial score (nSPS) is 13.6. The van der Waals surface area contributed by atoms with Gasteiger partial charge in [0.05, 0.1) is 10.9 Å². The summed E-state index contributed by atoms with van der Waals surface area (Å²) in [7, 11) is 0. The predicted molar refractivity (Wildman–Crippen MR) is 108 cm³/mol. The first-order chi connectivity index (χ1) is 13.1. The van der Waals surface area contributed by atoms with Crippen molar-refractivity contribution in [2.45, 2.75) is 25.8 Å². The van der Waals surface area contributed by atoms with Gasteiger partial charge in [0, 0.05) is 6.54 Å². The summed E-state index contributed by atoms with van der Waals surface area (Å²) in [6.07, 6.45) is 3.07. The molecule has 0 atom stereocenters. The molecule has 0 saturated heterocycles. The van der Waals surface area contributed by atoms with Gasteiger partial charge in [-0.3, -0.25) is 14.2 Å². The first-order valence-corrected chi connectivity index (χ1v) is 9.58. The average molecular weight is 379 g/mol. The Bertz CT molecular complexity index is 1090. The van der Waals surface area contributed by atoms with Gasteiger partial charge in [0.25, 0.3) is 5.56 Å². The van der Waals surface area contributed by atoms with E-state index in [0.717, 1.165) is 19.3 Å². The van der Waals surface area contributed by atoms with Gasteiger partial charge < -0.3 is 10.3 Å². The Balaban J connectivity index is 1.36. The van der Waals surface area contributed by atoms with Crippen LogP contribution in [-0.2, 0) is 24.2 Å². The van der Waals surface area contributed by atoms with E-state index < -0.39 is 0 Å². The van der Waals surface area contributed by atoms with Crippen molar-refractivity contribution in [2.24, 2.45) is 5.92 Å². The monoisotopic (exact) mass is 379 g/mol. The van der Waals surface area contributed by atoms with E-state index in [-0.39, 0.29) is 22.8 Å². The minimum Gasteiger partial charge on any atom is -0.355 e. The van der Waals surface area contributed by atoms with E-state index in [9.17, 15) is 9.59 Å². The van der Waals surface area contributed by atoms with E-state index in [1.54, 1.807) is 18.2 Å². The summed E-state index contributed by atoms with van der Waals surface area (Å²) in [4.78, 5) is 27.9. The number of benzene rings is 2.